The molecule has 12 aliphatic heterocycles. The van der Waals surface area contributed by atoms with Gasteiger partial charge in [-0.3, -0.25) is 24.5 Å². The molecule has 12 saturated heterocycles. The van der Waals surface area contributed by atoms with Gasteiger partial charge in [0.15, 0.2) is 0 Å². The maximum atomic E-state index is 11.8. The highest BCUT2D eigenvalue weighted by Crippen LogP contribution is 2.21. The van der Waals surface area contributed by atoms with Crippen LogP contribution in [0.3, 0.4) is 0 Å². The zero-order valence-electron chi connectivity index (χ0n) is 91.7. The molecule has 0 amide bonds. The summed E-state index contributed by atoms with van der Waals surface area (Å²) in [4.78, 5) is 54.0. The first-order chi connectivity index (χ1) is 63.3. The van der Waals surface area contributed by atoms with Crippen LogP contribution in [-0.4, -0.2) is 600 Å². The molecule has 29 heteroatoms. The number of hydrogen-bond acceptors (Lipinski definition) is 27. The van der Waals surface area contributed by atoms with Gasteiger partial charge < -0.3 is 108 Å². The maximum absolute atomic E-state index is 11.8. The van der Waals surface area contributed by atoms with Crippen LogP contribution in [0.5, 0.6) is 0 Å². The number of aliphatic hydroxyl groups is 3. The number of ether oxygens (including phenoxy) is 2. The average molecular weight is 1880 g/mol. The quantitative estimate of drug-likeness (QED) is 0.0658. The number of β-amino-alcohol motifs (C(OH)–C–C–N with tert-alkyl or cyclic N) is 1. The van der Waals surface area contributed by atoms with E-state index in [-0.39, 0.29) is 19.4 Å². The molecule has 12 aliphatic rings. The van der Waals surface area contributed by atoms with Crippen molar-refractivity contribution in [2.45, 2.75) is 207 Å². The number of rotatable bonds is 29. The summed E-state index contributed by atoms with van der Waals surface area (Å²) in [6.45, 7) is 68.8. The van der Waals surface area contributed by atoms with Gasteiger partial charge in [0.25, 0.3) is 0 Å². The fourth-order valence-corrected chi connectivity index (χ4v) is 17.8. The Hall–Kier alpha value is -1.90. The Morgan fingerprint density at radius 2 is 0.886 bits per heavy atom. The number of aromatic nitrogens is 2. The van der Waals surface area contributed by atoms with E-state index in [0.717, 1.165) is 154 Å². The van der Waals surface area contributed by atoms with Crippen LogP contribution in [0.15, 0.2) is 18.7 Å². The molecule has 28 nitrogen and oxygen atoms in total. The van der Waals surface area contributed by atoms with Crippen molar-refractivity contribution in [1.82, 2.24) is 112 Å². The summed E-state index contributed by atoms with van der Waals surface area (Å²) in [6.07, 6.45) is 30.7. The molecule has 132 heavy (non-hydrogen) atoms. The van der Waals surface area contributed by atoms with Gasteiger partial charge in [-0.2, -0.15) is 0 Å². The summed E-state index contributed by atoms with van der Waals surface area (Å²) in [7, 11) is 38.7. The highest BCUT2D eigenvalue weighted by atomic mass is 19.1. The molecule has 0 saturated carbocycles. The number of hydrogen-bond donors (Lipinski definition) is 3. The lowest BCUT2D eigenvalue weighted by Crippen LogP contribution is -2.48. The minimum Gasteiger partial charge on any atom is -0.395 e. The van der Waals surface area contributed by atoms with Crippen molar-refractivity contribution in [3.05, 3.63) is 18.7 Å². The minimum absolute atomic E-state index is 0.0509. The topological polar surface area (TPSA) is 165 Å². The maximum Gasteiger partial charge on any atom is 0.102 e. The van der Waals surface area contributed by atoms with Gasteiger partial charge in [0.2, 0.25) is 0 Å². The number of nitrogens with zero attached hydrogens (tertiary/aromatic N) is 23. The van der Waals surface area contributed by atoms with Crippen molar-refractivity contribution < 1.29 is 29.2 Å². The van der Waals surface area contributed by atoms with Gasteiger partial charge in [0, 0.05) is 253 Å². The van der Waals surface area contributed by atoms with E-state index in [4.69, 9.17) is 24.8 Å². The molecule has 0 aliphatic carbocycles. The minimum atomic E-state index is -0.205. The highest BCUT2D eigenvalue weighted by Gasteiger charge is 2.27. The number of piperidine rings is 3. The predicted molar refractivity (Wildman–Crippen MR) is 564 cm³/mol. The lowest BCUT2D eigenvalue weighted by atomic mass is 9.98. The molecule has 1 aromatic rings. The fraction of sp³-hybridized carbons (Fsp3) is 0.971. The van der Waals surface area contributed by atoms with Crippen LogP contribution < -0.4 is 0 Å². The van der Waals surface area contributed by atoms with E-state index in [0.29, 0.717) is 25.8 Å². The predicted octanol–water partition coefficient (Wildman–Crippen LogP) is 8.17. The van der Waals surface area contributed by atoms with Crippen molar-refractivity contribution in [1.29, 1.82) is 0 Å². The van der Waals surface area contributed by atoms with Gasteiger partial charge in [0.1, 0.15) is 6.67 Å². The molecule has 0 radical (unpaired) electrons. The third kappa shape index (κ3) is 71.5. The van der Waals surface area contributed by atoms with Crippen molar-refractivity contribution in [2.24, 2.45) is 11.8 Å². The van der Waals surface area contributed by atoms with Crippen LogP contribution in [0.1, 0.15) is 170 Å². The standard InChI is InChI=1S/C11H22N2.C10H20N2O.C9H21N3.C9H20N2O2.2C9H20N2.C8H18N2.C7H15FN2.C7H12N2.C7H17N.C6H13NO.C6H15N.C5H11NO/c1-12-7-3-2-6-11(12)10-13-8-4-5-9-13;1-11-4-2-10(3-5-11)12-6-8-13-9-7-12;1-10(2)4-7-12-8-5-11(3)6-9-12;1-10-2-4-11(5-3-10)6-8-13-9-7-12;1-10(2)7-9-5-4-6-11(3)8-9;1-3-4-5-11-8-6-10(2)7-9-11;1-8(2)10-6-4-9(3)5-7-10;1-9-4-6-10(3-2-8)7-5-9;1-2-3-5-9-6-4-8-7-9;1-5-7(2)6-8(3)4;1-7-4-2-3-6(7)5-8;1-4-5-6-7(2)3;1-6-3-2-5(7)4-6/h11H,2-10H2,1H3;10H,2-9H2,1H3;4-9H2,1-3H3;12H,2-9H2,1H3;9H,4-8H2,1-3H3;3-9H2,1-2H3;8H,4-7H2,1-3H3;2-7H2,1H3;4,6-7H,2-3,5H2,1H3;7H,5-6H2,1-4H3;6,8H,2-5H2,1H3;4-6H2,1-3H3;5,7H,2-4H2,1H3/t;;;;;;;;;;6-;;5-/m..........0.1/s1. The summed E-state index contributed by atoms with van der Waals surface area (Å²) in [5.74, 6) is 1.76. The van der Waals surface area contributed by atoms with E-state index in [1.54, 1.807) is 0 Å². The SMILES string of the molecule is CC(C)N1CCN(C)CC1.CCC(C)CN(C)C.CCCCN(C)C.CCCCN1CCN(C)CC1.CCCCn1ccnc1.CN(C)CC1CCCN(C)C1.CN(C)CCN1CCN(C)CC1.CN1CCC(N2CCOCC2)CC1.CN1CCCCC1CN1CCCC1.CN1CCC[C@H]1CO.CN1CCN(CCF)CC1.CN1CCN(CCOCCO)CC1.CN1CC[C@@H](O)C1. The number of likely N-dealkylation sites (tertiary alicyclic amines) is 6. The number of halogens is 1. The summed E-state index contributed by atoms with van der Waals surface area (Å²) in [5, 5.41) is 26.0. The number of alkyl halides is 1. The zero-order chi connectivity index (χ0) is 98.1. The lowest BCUT2D eigenvalue weighted by Gasteiger charge is -2.39. The first-order valence-electron chi connectivity index (χ1n) is 53.4. The van der Waals surface area contributed by atoms with Gasteiger partial charge >= 0.3 is 0 Å². The summed E-state index contributed by atoms with van der Waals surface area (Å²) >= 11 is 0. The van der Waals surface area contributed by atoms with Crippen molar-refractivity contribution >= 4 is 0 Å². The molecule has 0 spiro atoms. The second kappa shape index (κ2) is 83.7. The summed E-state index contributed by atoms with van der Waals surface area (Å²) in [6, 6.07) is 2.87. The fourth-order valence-electron chi connectivity index (χ4n) is 17.8. The first kappa shape index (κ1) is 128. The van der Waals surface area contributed by atoms with Crippen LogP contribution in [0.2, 0.25) is 0 Å². The zero-order valence-corrected chi connectivity index (χ0v) is 91.7. The van der Waals surface area contributed by atoms with Gasteiger partial charge in [0.05, 0.1) is 52.1 Å². The molecule has 788 valence electrons. The molecule has 0 bridgehead atoms. The van der Waals surface area contributed by atoms with Crippen LogP contribution in [0.25, 0.3) is 0 Å². The van der Waals surface area contributed by atoms with Crippen LogP contribution in [-0.2, 0) is 16.0 Å². The number of likely N-dealkylation sites (N-methyl/N-ethyl adjacent to an activating group) is 9. The third-order valence-electron chi connectivity index (χ3n) is 27.6. The van der Waals surface area contributed by atoms with Crippen molar-refractivity contribution in [2.75, 3.05) is 442 Å². The lowest BCUT2D eigenvalue weighted by molar-refractivity contribution is 0.00290. The number of aryl methyl sites for hydroxylation is 1. The van der Waals surface area contributed by atoms with Gasteiger partial charge in [-0.15, -0.1) is 0 Å². The Morgan fingerprint density at radius 1 is 0.424 bits per heavy atom. The number of imidazole rings is 1. The second-order valence-corrected chi connectivity index (χ2v) is 41.8. The first-order valence-corrected chi connectivity index (χ1v) is 53.4. The highest BCUT2D eigenvalue weighted by molar-refractivity contribution is 4.83. The Kier molecular flexibility index (Phi) is 81.2. The van der Waals surface area contributed by atoms with E-state index in [9.17, 15) is 4.39 Å². The van der Waals surface area contributed by atoms with E-state index in [1.165, 1.54) is 286 Å². The Bertz CT molecular complexity index is 2540. The summed E-state index contributed by atoms with van der Waals surface area (Å²) in [5.41, 5.74) is 0. The second-order valence-electron chi connectivity index (χ2n) is 41.8. The Labute approximate surface area is 816 Å². The van der Waals surface area contributed by atoms with E-state index in [2.05, 4.69) is 281 Å². The molecule has 1 aromatic heterocycles. The average Bonchev–Trinajstić information content (AvgIpc) is 0.965. The molecular weight excluding hydrogens is 1660 g/mol. The number of unbranched alkanes of at least 4 members (excludes halogenated alkanes) is 3. The normalized spacial score (nSPS) is 23.7. The number of aliphatic hydroxyl groups excluding tert-OH is 3. The molecule has 5 atom stereocenters. The van der Waals surface area contributed by atoms with Crippen molar-refractivity contribution in [3.63, 3.8) is 0 Å². The number of piperazine rings is 5. The van der Waals surface area contributed by atoms with Gasteiger partial charge in [-0.05, 0) is 301 Å². The Balaban J connectivity index is 0.000000718. The molecule has 12 fully saturated rings. The smallest absolute Gasteiger partial charge is 0.102 e. The molecule has 13 rings (SSSR count). The molecule has 13 heterocycles. The van der Waals surface area contributed by atoms with E-state index < -0.39 is 0 Å². The van der Waals surface area contributed by atoms with Crippen LogP contribution in [0, 0.1) is 11.8 Å². The van der Waals surface area contributed by atoms with Crippen LogP contribution in [0.4, 0.5) is 4.39 Å². The monoisotopic (exact) mass is 1880 g/mol. The molecular formula is C103H224FN23O5. The van der Waals surface area contributed by atoms with Crippen LogP contribution >= 0.6 is 0 Å². The summed E-state index contributed by atoms with van der Waals surface area (Å²) < 4.78 is 24.5. The van der Waals surface area contributed by atoms with E-state index >= 15 is 0 Å². The van der Waals surface area contributed by atoms with E-state index in [1.807, 2.05) is 25.8 Å². The molecule has 3 unspecified atom stereocenters. The van der Waals surface area contributed by atoms with Crippen molar-refractivity contribution in [3.8, 4) is 0 Å². The largest absolute Gasteiger partial charge is 0.395 e. The van der Waals surface area contributed by atoms with Gasteiger partial charge in [-0.1, -0.05) is 66.7 Å². The van der Waals surface area contributed by atoms with Gasteiger partial charge in [-0.25, -0.2) is 9.37 Å². The molecule has 3 N–H and O–H groups in total. The molecule has 0 aromatic carbocycles. The Morgan fingerprint density at radius 3 is 1.28 bits per heavy atom. The number of morpholine rings is 1. The third-order valence-corrected chi connectivity index (χ3v) is 27.6.